The van der Waals surface area contributed by atoms with Crippen molar-refractivity contribution in [2.24, 2.45) is 0 Å². The maximum Gasteiger partial charge on any atom is 0.254 e. The summed E-state index contributed by atoms with van der Waals surface area (Å²) in [5.74, 6) is 0.00567. The Morgan fingerprint density at radius 3 is 2.78 bits per heavy atom. The van der Waals surface area contributed by atoms with Crippen LogP contribution >= 0.6 is 31.9 Å². The number of halogens is 2. The lowest BCUT2D eigenvalue weighted by Gasteiger charge is -2.21. The van der Waals surface area contributed by atoms with Gasteiger partial charge in [-0.1, -0.05) is 27.6 Å². The second-order valence-corrected chi connectivity index (χ2v) is 6.37. The predicted octanol–water partition coefficient (Wildman–Crippen LogP) is 3.24. The molecule has 0 radical (unpaired) electrons. The van der Waals surface area contributed by atoms with E-state index in [0.29, 0.717) is 18.7 Å². The fourth-order valence-electron chi connectivity index (χ4n) is 1.62. The Kier molecular flexibility index (Phi) is 6.32. The van der Waals surface area contributed by atoms with E-state index in [1.807, 2.05) is 25.1 Å². The van der Waals surface area contributed by atoms with Crippen LogP contribution in [0, 0.1) is 6.92 Å². The van der Waals surface area contributed by atoms with Crippen LogP contribution in [-0.2, 0) is 4.74 Å². The van der Waals surface area contributed by atoms with E-state index in [0.717, 1.165) is 10.0 Å². The third-order valence-electron chi connectivity index (χ3n) is 2.52. The van der Waals surface area contributed by atoms with Gasteiger partial charge in [0.1, 0.15) is 0 Å². The fraction of sp³-hybridized carbons (Fsp3) is 0.462. The van der Waals surface area contributed by atoms with Crippen molar-refractivity contribution in [3.05, 3.63) is 33.8 Å². The van der Waals surface area contributed by atoms with Gasteiger partial charge in [-0.15, -0.1) is 0 Å². The zero-order chi connectivity index (χ0) is 13.7. The van der Waals surface area contributed by atoms with Crippen LogP contribution in [0.5, 0.6) is 0 Å². The van der Waals surface area contributed by atoms with Crippen LogP contribution in [0.4, 0.5) is 0 Å². The van der Waals surface area contributed by atoms with Gasteiger partial charge < -0.3 is 9.64 Å². The maximum absolute atomic E-state index is 12.3. The maximum atomic E-state index is 12.3. The van der Waals surface area contributed by atoms with Crippen LogP contribution in [0.2, 0.25) is 0 Å². The van der Waals surface area contributed by atoms with Gasteiger partial charge in [-0.05, 0) is 35.0 Å². The zero-order valence-electron chi connectivity index (χ0n) is 10.7. The first-order chi connectivity index (χ1) is 8.45. The van der Waals surface area contributed by atoms with Gasteiger partial charge in [-0.2, -0.15) is 0 Å². The van der Waals surface area contributed by atoms with Crippen molar-refractivity contribution in [1.82, 2.24) is 4.90 Å². The predicted molar refractivity (Wildman–Crippen MR) is 80.4 cm³/mol. The van der Waals surface area contributed by atoms with E-state index >= 15 is 0 Å². The number of ether oxygens (including phenoxy) is 1. The van der Waals surface area contributed by atoms with Crippen molar-refractivity contribution in [2.45, 2.75) is 11.8 Å². The highest BCUT2D eigenvalue weighted by molar-refractivity contribution is 9.10. The minimum Gasteiger partial charge on any atom is -0.383 e. The first kappa shape index (κ1) is 15.7. The van der Waals surface area contributed by atoms with Gasteiger partial charge in [-0.25, -0.2) is 0 Å². The van der Waals surface area contributed by atoms with Crippen molar-refractivity contribution in [1.29, 1.82) is 0 Å². The minimum atomic E-state index is 0.00567. The highest BCUT2D eigenvalue weighted by Gasteiger charge is 2.17. The average molecular weight is 379 g/mol. The molecule has 0 bridgehead atoms. The lowest BCUT2D eigenvalue weighted by Crippen LogP contribution is -2.33. The molecule has 0 aliphatic carbocycles. The zero-order valence-corrected chi connectivity index (χ0v) is 13.9. The first-order valence-corrected chi connectivity index (χ1v) is 7.31. The number of amides is 1. The van der Waals surface area contributed by atoms with Crippen molar-refractivity contribution >= 4 is 37.8 Å². The summed E-state index contributed by atoms with van der Waals surface area (Å²) >= 11 is 6.89. The Morgan fingerprint density at radius 2 is 2.17 bits per heavy atom. The van der Waals surface area contributed by atoms with Gasteiger partial charge in [0.15, 0.2) is 0 Å². The second kappa shape index (κ2) is 7.26. The molecule has 0 N–H and O–H groups in total. The quantitative estimate of drug-likeness (QED) is 0.736. The van der Waals surface area contributed by atoms with Gasteiger partial charge in [-0.3, -0.25) is 4.79 Å². The molecule has 1 amide bonds. The number of carbonyl (C=O) groups excluding carboxylic acids is 1. The molecule has 1 rings (SSSR count). The minimum absolute atomic E-state index is 0.00567. The number of alkyl halides is 1. The molecule has 1 atom stereocenters. The Morgan fingerprint density at radius 1 is 1.50 bits per heavy atom. The molecular formula is C13H17Br2NO2. The number of carbonyl (C=O) groups is 1. The monoisotopic (exact) mass is 377 g/mol. The summed E-state index contributed by atoms with van der Waals surface area (Å²) in [6, 6.07) is 5.76. The summed E-state index contributed by atoms with van der Waals surface area (Å²) in [5, 5.41) is 0. The third-order valence-corrected chi connectivity index (χ3v) is 3.76. The molecule has 1 unspecified atom stereocenters. The number of aryl methyl sites for hydroxylation is 1. The van der Waals surface area contributed by atoms with Crippen LogP contribution in [0.1, 0.15) is 15.9 Å². The van der Waals surface area contributed by atoms with Gasteiger partial charge in [0, 0.05) is 25.2 Å². The van der Waals surface area contributed by atoms with Gasteiger partial charge in [0.05, 0.1) is 17.0 Å². The molecule has 100 valence electrons. The van der Waals surface area contributed by atoms with Crippen LogP contribution in [0.25, 0.3) is 0 Å². The molecule has 0 saturated heterocycles. The van der Waals surface area contributed by atoms with Gasteiger partial charge in [0.2, 0.25) is 0 Å². The molecule has 0 heterocycles. The Bertz CT molecular complexity index is 423. The number of benzene rings is 1. The summed E-state index contributed by atoms with van der Waals surface area (Å²) < 4.78 is 5.86. The standard InChI is InChI=1S/C13H17Br2NO2/c1-9-4-5-12(15)11(6-9)13(17)16(2)7-10(14)8-18-3/h4-6,10H,7-8H2,1-3H3. The van der Waals surface area contributed by atoms with Crippen LogP contribution in [0.15, 0.2) is 22.7 Å². The molecule has 3 nitrogen and oxygen atoms in total. The SMILES string of the molecule is COCC(Br)CN(C)C(=O)c1cc(C)ccc1Br. The summed E-state index contributed by atoms with van der Waals surface area (Å²) in [5.41, 5.74) is 1.76. The normalized spacial score (nSPS) is 12.3. The van der Waals surface area contributed by atoms with Crippen LogP contribution in [0.3, 0.4) is 0 Å². The number of hydrogen-bond donors (Lipinski definition) is 0. The lowest BCUT2D eigenvalue weighted by atomic mass is 10.1. The highest BCUT2D eigenvalue weighted by Crippen LogP contribution is 2.20. The molecule has 1 aromatic carbocycles. The van der Waals surface area contributed by atoms with Crippen molar-refractivity contribution in [3.63, 3.8) is 0 Å². The molecule has 1 aromatic rings. The van der Waals surface area contributed by atoms with Gasteiger partial charge >= 0.3 is 0 Å². The van der Waals surface area contributed by atoms with E-state index in [9.17, 15) is 4.79 Å². The van der Waals surface area contributed by atoms with Crippen molar-refractivity contribution in [2.75, 3.05) is 27.3 Å². The Labute approximate surface area is 125 Å². The average Bonchev–Trinajstić information content (AvgIpc) is 2.31. The molecule has 0 aliphatic heterocycles. The lowest BCUT2D eigenvalue weighted by molar-refractivity contribution is 0.0783. The molecule has 0 aliphatic rings. The number of nitrogens with zero attached hydrogens (tertiary/aromatic N) is 1. The van der Waals surface area contributed by atoms with E-state index in [1.54, 1.807) is 19.1 Å². The molecule has 5 heteroatoms. The fourth-order valence-corrected chi connectivity index (χ4v) is 2.74. The molecular weight excluding hydrogens is 362 g/mol. The number of hydrogen-bond acceptors (Lipinski definition) is 2. The van der Waals surface area contributed by atoms with E-state index < -0.39 is 0 Å². The molecule has 0 fully saturated rings. The third kappa shape index (κ3) is 4.37. The number of methoxy groups -OCH3 is 1. The summed E-state index contributed by atoms with van der Waals surface area (Å²) in [6.45, 7) is 3.15. The summed E-state index contributed by atoms with van der Waals surface area (Å²) in [6.07, 6.45) is 0. The van der Waals surface area contributed by atoms with Crippen LogP contribution < -0.4 is 0 Å². The smallest absolute Gasteiger partial charge is 0.254 e. The van der Waals surface area contributed by atoms with E-state index in [4.69, 9.17) is 4.74 Å². The second-order valence-electron chi connectivity index (χ2n) is 4.22. The first-order valence-electron chi connectivity index (χ1n) is 5.60. The summed E-state index contributed by atoms with van der Waals surface area (Å²) in [4.78, 5) is 14.1. The molecule has 0 spiro atoms. The Balaban J connectivity index is 2.77. The molecule has 18 heavy (non-hydrogen) atoms. The van der Waals surface area contributed by atoms with Crippen molar-refractivity contribution in [3.8, 4) is 0 Å². The van der Waals surface area contributed by atoms with E-state index in [2.05, 4.69) is 31.9 Å². The van der Waals surface area contributed by atoms with Crippen LogP contribution in [-0.4, -0.2) is 42.9 Å². The highest BCUT2D eigenvalue weighted by atomic mass is 79.9. The molecule has 0 aromatic heterocycles. The van der Waals surface area contributed by atoms with Gasteiger partial charge in [0.25, 0.3) is 5.91 Å². The topological polar surface area (TPSA) is 29.5 Å². The van der Waals surface area contributed by atoms with Crippen molar-refractivity contribution < 1.29 is 9.53 Å². The molecule has 0 saturated carbocycles. The Hall–Kier alpha value is -0.390. The van der Waals surface area contributed by atoms with E-state index in [-0.39, 0.29) is 10.7 Å². The number of rotatable bonds is 5. The van der Waals surface area contributed by atoms with E-state index in [1.165, 1.54) is 0 Å². The largest absolute Gasteiger partial charge is 0.383 e. The summed E-state index contributed by atoms with van der Waals surface area (Å²) in [7, 11) is 3.44.